The van der Waals surface area contributed by atoms with E-state index < -0.39 is 6.10 Å². The van der Waals surface area contributed by atoms with Gasteiger partial charge in [0.1, 0.15) is 17.6 Å². The summed E-state index contributed by atoms with van der Waals surface area (Å²) < 4.78 is 12.6. The zero-order valence-electron chi connectivity index (χ0n) is 19.6. The first kappa shape index (κ1) is 22.8. The number of likely N-dealkylation sites (tertiary alicyclic amines) is 1. The number of hydrogen-bond acceptors (Lipinski definition) is 7. The number of aromatic nitrogens is 3. The molecule has 0 bridgehead atoms. The molecule has 1 aliphatic carbocycles. The second-order valence-corrected chi connectivity index (χ2v) is 9.19. The zero-order chi connectivity index (χ0) is 23.7. The maximum Gasteiger partial charge on any atom is 0.167 e. The number of methoxy groups -OCH3 is 1. The van der Waals surface area contributed by atoms with Crippen molar-refractivity contribution in [2.75, 3.05) is 39.9 Å². The molecule has 8 nitrogen and oxygen atoms in total. The molecule has 3 aromatic rings. The summed E-state index contributed by atoms with van der Waals surface area (Å²) in [6.07, 6.45) is 2.75. The van der Waals surface area contributed by atoms with Crippen molar-refractivity contribution < 1.29 is 14.4 Å². The molecule has 0 spiro atoms. The van der Waals surface area contributed by atoms with Crippen LogP contribution in [0.5, 0.6) is 0 Å². The maximum atomic E-state index is 9.98. The van der Waals surface area contributed by atoms with E-state index in [9.17, 15) is 5.11 Å². The van der Waals surface area contributed by atoms with Crippen LogP contribution in [0.15, 0.2) is 47.2 Å². The monoisotopic (exact) mass is 461 g/mol. The number of nitrogens with two attached hydrogens (primary N) is 1. The van der Waals surface area contributed by atoms with Crippen molar-refractivity contribution in [1.82, 2.24) is 19.6 Å². The van der Waals surface area contributed by atoms with Crippen LogP contribution in [0.25, 0.3) is 11.3 Å². The largest absolute Gasteiger partial charge is 0.385 e. The highest BCUT2D eigenvalue weighted by Gasteiger charge is 2.54. The second-order valence-electron chi connectivity index (χ2n) is 9.19. The third-order valence-electron chi connectivity index (χ3n) is 6.93. The van der Waals surface area contributed by atoms with Gasteiger partial charge in [-0.1, -0.05) is 17.0 Å². The van der Waals surface area contributed by atoms with Crippen LogP contribution < -0.4 is 5.73 Å². The lowest BCUT2D eigenvalue weighted by atomic mass is 10.1. The van der Waals surface area contributed by atoms with Crippen LogP contribution in [0.4, 0.5) is 0 Å². The van der Waals surface area contributed by atoms with Crippen LogP contribution in [-0.4, -0.2) is 64.6 Å². The fourth-order valence-corrected chi connectivity index (χ4v) is 4.99. The molecule has 3 N–H and O–H groups in total. The van der Waals surface area contributed by atoms with E-state index in [0.717, 1.165) is 49.2 Å². The molecular formula is C26H31N5O3. The number of aliphatic hydroxyl groups is 1. The Balaban J connectivity index is 1.23. The smallest absolute Gasteiger partial charge is 0.167 e. The van der Waals surface area contributed by atoms with Crippen LogP contribution in [-0.2, 0) is 4.74 Å². The molecule has 0 amide bonds. The Hall–Kier alpha value is -2.96. The number of aliphatic hydroxyl groups excluding tert-OH is 1. The Labute approximate surface area is 199 Å². The molecule has 178 valence electrons. The second kappa shape index (κ2) is 9.72. The summed E-state index contributed by atoms with van der Waals surface area (Å²) in [6.45, 7) is 6.09. The average Bonchev–Trinajstić information content (AvgIpc) is 3.35. The lowest BCUT2D eigenvalue weighted by Gasteiger charge is -2.17. The summed E-state index contributed by atoms with van der Waals surface area (Å²) in [4.78, 5) is 6.71. The molecule has 0 radical (unpaired) electrons. The van der Waals surface area contributed by atoms with E-state index in [2.05, 4.69) is 26.9 Å². The Kier molecular flexibility index (Phi) is 6.53. The van der Waals surface area contributed by atoms with Crippen molar-refractivity contribution in [2.24, 2.45) is 23.5 Å². The SMILES string of the molecule is COCCN1C[C@@H]2[C@@H](C#Cc3ccc(-c4cc([C@@H](CN)n5ccnc5[C@H](C)O)no4)cc3)[C@@H]2C1. The standard InChI is InChI=1S/C26H31N5O3/c1-17(32)26-28-9-10-31(26)24(14-27)23-13-25(34-29-23)19-6-3-18(4-7-19)5-8-20-21-15-30(11-12-33-2)16-22(20)21/h3-4,6-7,9-10,13,17,20-22,24,32H,11-12,14-16,27H2,1-2H3/t17-,20-,21-,22+,24+/m0/s1. The lowest BCUT2D eigenvalue weighted by Crippen LogP contribution is -2.27. The Morgan fingerprint density at radius 1 is 1.26 bits per heavy atom. The number of imidazole rings is 1. The molecule has 1 aliphatic heterocycles. The van der Waals surface area contributed by atoms with Gasteiger partial charge >= 0.3 is 0 Å². The summed E-state index contributed by atoms with van der Waals surface area (Å²) in [7, 11) is 1.75. The van der Waals surface area contributed by atoms with Crippen molar-refractivity contribution in [3.63, 3.8) is 0 Å². The molecular weight excluding hydrogens is 430 g/mol. The molecule has 8 heteroatoms. The van der Waals surface area contributed by atoms with Gasteiger partial charge in [0, 0.05) is 68.8 Å². The number of piperidine rings is 1. The first-order chi connectivity index (χ1) is 16.6. The molecule has 1 aromatic carbocycles. The summed E-state index contributed by atoms with van der Waals surface area (Å²) >= 11 is 0. The van der Waals surface area contributed by atoms with Gasteiger partial charge in [-0.2, -0.15) is 0 Å². The van der Waals surface area contributed by atoms with Crippen LogP contribution in [0.1, 0.15) is 36.2 Å². The van der Waals surface area contributed by atoms with Gasteiger partial charge in [0.2, 0.25) is 0 Å². The summed E-state index contributed by atoms with van der Waals surface area (Å²) in [6, 6.07) is 9.68. The maximum absolute atomic E-state index is 9.98. The quantitative estimate of drug-likeness (QED) is 0.496. The van der Waals surface area contributed by atoms with Gasteiger partial charge in [-0.05, 0) is 43.0 Å². The fraction of sp³-hybridized carbons (Fsp3) is 0.462. The molecule has 2 fully saturated rings. The number of benzene rings is 1. The van der Waals surface area contributed by atoms with Gasteiger partial charge in [0.05, 0.1) is 12.6 Å². The predicted octanol–water partition coefficient (Wildman–Crippen LogP) is 2.32. The molecule has 3 heterocycles. The molecule has 0 unspecified atom stereocenters. The summed E-state index contributed by atoms with van der Waals surface area (Å²) in [5.74, 6) is 10.0. The van der Waals surface area contributed by atoms with Crippen LogP contribution >= 0.6 is 0 Å². The normalized spacial score (nSPS) is 23.2. The van der Waals surface area contributed by atoms with Crippen molar-refractivity contribution in [1.29, 1.82) is 0 Å². The third kappa shape index (κ3) is 4.52. The molecule has 5 rings (SSSR count). The van der Waals surface area contributed by atoms with E-state index in [4.69, 9.17) is 15.0 Å². The van der Waals surface area contributed by atoms with Crippen molar-refractivity contribution in [3.05, 3.63) is 59.8 Å². The fourth-order valence-electron chi connectivity index (χ4n) is 4.99. The average molecular weight is 462 g/mol. The number of ether oxygens (including phenoxy) is 1. The van der Waals surface area contributed by atoms with Crippen LogP contribution in [0.2, 0.25) is 0 Å². The minimum absolute atomic E-state index is 0.266. The van der Waals surface area contributed by atoms with Crippen LogP contribution in [0.3, 0.4) is 0 Å². The van der Waals surface area contributed by atoms with Gasteiger partial charge in [-0.3, -0.25) is 0 Å². The lowest BCUT2D eigenvalue weighted by molar-refractivity contribution is 0.153. The van der Waals surface area contributed by atoms with E-state index >= 15 is 0 Å². The number of nitrogens with zero attached hydrogens (tertiary/aromatic N) is 4. The highest BCUT2D eigenvalue weighted by molar-refractivity contribution is 5.59. The van der Waals surface area contributed by atoms with E-state index in [-0.39, 0.29) is 6.04 Å². The predicted molar refractivity (Wildman–Crippen MR) is 128 cm³/mol. The highest BCUT2D eigenvalue weighted by atomic mass is 16.5. The first-order valence-corrected chi connectivity index (χ1v) is 11.8. The molecule has 1 saturated carbocycles. The van der Waals surface area contributed by atoms with Crippen LogP contribution in [0, 0.1) is 29.6 Å². The molecule has 2 aliphatic rings. The summed E-state index contributed by atoms with van der Waals surface area (Å²) in [5.41, 5.74) is 8.65. The number of rotatable bonds is 8. The summed E-state index contributed by atoms with van der Waals surface area (Å²) in [5, 5.41) is 14.2. The molecule has 2 aromatic heterocycles. The Bertz CT molecular complexity index is 1160. The minimum Gasteiger partial charge on any atom is -0.385 e. The Morgan fingerprint density at radius 2 is 2.03 bits per heavy atom. The topological polar surface area (TPSA) is 103 Å². The Morgan fingerprint density at radius 3 is 2.71 bits per heavy atom. The zero-order valence-corrected chi connectivity index (χ0v) is 19.6. The van der Waals surface area contributed by atoms with Crippen molar-refractivity contribution in [3.8, 4) is 23.2 Å². The van der Waals surface area contributed by atoms with Crippen molar-refractivity contribution in [2.45, 2.75) is 19.1 Å². The third-order valence-corrected chi connectivity index (χ3v) is 6.93. The van der Waals surface area contributed by atoms with E-state index in [1.807, 2.05) is 34.9 Å². The van der Waals surface area contributed by atoms with Gasteiger partial charge in [-0.15, -0.1) is 0 Å². The first-order valence-electron chi connectivity index (χ1n) is 11.8. The van der Waals surface area contributed by atoms with Gasteiger partial charge < -0.3 is 29.6 Å². The van der Waals surface area contributed by atoms with E-state index in [0.29, 0.717) is 29.7 Å². The molecule has 5 atom stereocenters. The minimum atomic E-state index is -0.700. The highest BCUT2D eigenvalue weighted by Crippen LogP contribution is 2.51. The van der Waals surface area contributed by atoms with Gasteiger partial charge in [0.15, 0.2) is 5.76 Å². The van der Waals surface area contributed by atoms with E-state index in [1.54, 1.807) is 26.4 Å². The molecule has 34 heavy (non-hydrogen) atoms. The van der Waals surface area contributed by atoms with E-state index in [1.165, 1.54) is 0 Å². The van der Waals surface area contributed by atoms with Crippen molar-refractivity contribution >= 4 is 0 Å². The van der Waals surface area contributed by atoms with Gasteiger partial charge in [0.25, 0.3) is 0 Å². The number of hydrogen-bond donors (Lipinski definition) is 2. The number of fused-ring (bicyclic) bond motifs is 1. The molecule has 1 saturated heterocycles. The van der Waals surface area contributed by atoms with Gasteiger partial charge in [-0.25, -0.2) is 4.98 Å².